The Morgan fingerprint density at radius 2 is 1.81 bits per heavy atom. The number of hydrogen-bond acceptors (Lipinski definition) is 4. The Balaban J connectivity index is 1.72. The second kappa shape index (κ2) is 6.22. The van der Waals surface area contributed by atoms with Gasteiger partial charge in [0.15, 0.2) is 11.5 Å². The predicted octanol–water partition coefficient (Wildman–Crippen LogP) is 3.85. The van der Waals surface area contributed by atoms with E-state index >= 15 is 0 Å². The number of benzene rings is 1. The van der Waals surface area contributed by atoms with Crippen molar-refractivity contribution in [1.29, 1.82) is 0 Å². The normalized spacial score (nSPS) is 17.0. The molecule has 2 atom stereocenters. The molecule has 0 amide bonds. The van der Waals surface area contributed by atoms with Crippen molar-refractivity contribution >= 4 is 0 Å². The van der Waals surface area contributed by atoms with E-state index in [2.05, 4.69) is 31.3 Å². The Morgan fingerprint density at radius 3 is 2.57 bits per heavy atom. The van der Waals surface area contributed by atoms with Crippen molar-refractivity contribution in [1.82, 2.24) is 5.32 Å². The molecular formula is C17H21NO3. The summed E-state index contributed by atoms with van der Waals surface area (Å²) in [4.78, 5) is 0. The summed E-state index contributed by atoms with van der Waals surface area (Å²) < 4.78 is 16.8. The molecule has 1 aromatic heterocycles. The molecular weight excluding hydrogens is 266 g/mol. The van der Waals surface area contributed by atoms with Crippen LogP contribution in [0.1, 0.15) is 43.7 Å². The van der Waals surface area contributed by atoms with Crippen molar-refractivity contribution < 1.29 is 13.9 Å². The van der Waals surface area contributed by atoms with Crippen LogP contribution >= 0.6 is 0 Å². The van der Waals surface area contributed by atoms with Crippen LogP contribution in [0.3, 0.4) is 0 Å². The van der Waals surface area contributed by atoms with Crippen molar-refractivity contribution in [2.45, 2.75) is 32.4 Å². The molecule has 0 radical (unpaired) electrons. The number of furan rings is 1. The molecule has 1 aliphatic heterocycles. The molecule has 0 saturated carbocycles. The van der Waals surface area contributed by atoms with Crippen LogP contribution in [0.2, 0.25) is 0 Å². The van der Waals surface area contributed by atoms with Crippen LogP contribution in [0.25, 0.3) is 0 Å². The molecule has 4 heteroatoms. The number of rotatable bonds is 4. The molecule has 112 valence electrons. The van der Waals surface area contributed by atoms with E-state index in [1.54, 1.807) is 6.26 Å². The van der Waals surface area contributed by atoms with Crippen LogP contribution in [0.5, 0.6) is 11.5 Å². The first-order chi connectivity index (χ1) is 10.2. The zero-order valence-electron chi connectivity index (χ0n) is 12.5. The van der Waals surface area contributed by atoms with E-state index in [0.29, 0.717) is 6.61 Å². The third-order valence-corrected chi connectivity index (χ3v) is 3.74. The minimum atomic E-state index is 0.158. The molecule has 3 rings (SSSR count). The predicted molar refractivity (Wildman–Crippen MR) is 80.7 cm³/mol. The largest absolute Gasteiger partial charge is 0.490 e. The molecule has 2 heterocycles. The van der Waals surface area contributed by atoms with E-state index in [-0.39, 0.29) is 12.1 Å². The van der Waals surface area contributed by atoms with Gasteiger partial charge in [0.1, 0.15) is 5.76 Å². The van der Waals surface area contributed by atoms with Crippen LogP contribution < -0.4 is 14.8 Å². The fraction of sp³-hybridized carbons (Fsp3) is 0.412. The van der Waals surface area contributed by atoms with Crippen LogP contribution in [0.4, 0.5) is 0 Å². The van der Waals surface area contributed by atoms with E-state index in [1.165, 1.54) is 5.56 Å². The van der Waals surface area contributed by atoms with Gasteiger partial charge >= 0.3 is 0 Å². The summed E-state index contributed by atoms with van der Waals surface area (Å²) >= 11 is 0. The standard InChI is InChI=1S/C17H21NO3/c1-12(18-13(2)15-5-3-8-19-15)14-6-7-16-17(11-14)21-10-4-9-20-16/h3,5-8,11-13,18H,4,9-10H2,1-2H3/t12?,13-/m0/s1. The molecule has 4 nitrogen and oxygen atoms in total. The van der Waals surface area contributed by atoms with E-state index in [4.69, 9.17) is 13.9 Å². The molecule has 0 spiro atoms. The minimum Gasteiger partial charge on any atom is -0.490 e. The van der Waals surface area contributed by atoms with E-state index in [1.807, 2.05) is 18.2 Å². The van der Waals surface area contributed by atoms with Gasteiger partial charge < -0.3 is 19.2 Å². The van der Waals surface area contributed by atoms with Gasteiger partial charge in [0.2, 0.25) is 0 Å². The van der Waals surface area contributed by atoms with Crippen LogP contribution in [-0.2, 0) is 0 Å². The second-order valence-corrected chi connectivity index (χ2v) is 5.38. The molecule has 1 N–H and O–H groups in total. The lowest BCUT2D eigenvalue weighted by molar-refractivity contribution is 0.297. The average molecular weight is 287 g/mol. The molecule has 0 bridgehead atoms. The smallest absolute Gasteiger partial charge is 0.161 e. The quantitative estimate of drug-likeness (QED) is 0.927. The molecule has 0 aliphatic carbocycles. The first-order valence-corrected chi connectivity index (χ1v) is 7.43. The van der Waals surface area contributed by atoms with Crippen LogP contribution in [0.15, 0.2) is 41.0 Å². The van der Waals surface area contributed by atoms with Gasteiger partial charge in [-0.1, -0.05) is 6.07 Å². The highest BCUT2D eigenvalue weighted by molar-refractivity contribution is 5.44. The molecule has 0 fully saturated rings. The third kappa shape index (κ3) is 3.22. The van der Waals surface area contributed by atoms with Crippen LogP contribution in [0, 0.1) is 0 Å². The first kappa shape index (κ1) is 14.0. The Kier molecular flexibility index (Phi) is 4.15. The highest BCUT2D eigenvalue weighted by Crippen LogP contribution is 2.32. The lowest BCUT2D eigenvalue weighted by Crippen LogP contribution is -2.22. The summed E-state index contributed by atoms with van der Waals surface area (Å²) in [5.74, 6) is 2.61. The topological polar surface area (TPSA) is 43.6 Å². The van der Waals surface area contributed by atoms with E-state index < -0.39 is 0 Å². The highest BCUT2D eigenvalue weighted by atomic mass is 16.5. The van der Waals surface area contributed by atoms with Gasteiger partial charge in [-0.25, -0.2) is 0 Å². The fourth-order valence-electron chi connectivity index (χ4n) is 2.54. The summed E-state index contributed by atoms with van der Waals surface area (Å²) in [6.45, 7) is 5.66. The maximum Gasteiger partial charge on any atom is 0.161 e. The number of hydrogen-bond donors (Lipinski definition) is 1. The number of fused-ring (bicyclic) bond motifs is 1. The molecule has 21 heavy (non-hydrogen) atoms. The molecule has 1 unspecified atom stereocenters. The molecule has 0 saturated heterocycles. The molecule has 1 aliphatic rings. The minimum absolute atomic E-state index is 0.158. The van der Waals surface area contributed by atoms with Crippen molar-refractivity contribution in [3.8, 4) is 11.5 Å². The van der Waals surface area contributed by atoms with Gasteiger partial charge in [-0.15, -0.1) is 0 Å². The zero-order chi connectivity index (χ0) is 14.7. The van der Waals surface area contributed by atoms with Crippen molar-refractivity contribution in [2.24, 2.45) is 0 Å². The number of nitrogens with one attached hydrogen (secondary N) is 1. The summed E-state index contributed by atoms with van der Waals surface area (Å²) in [7, 11) is 0. The summed E-state index contributed by atoms with van der Waals surface area (Å²) in [5.41, 5.74) is 1.18. The number of ether oxygens (including phenoxy) is 2. The lowest BCUT2D eigenvalue weighted by Gasteiger charge is -2.20. The Bertz CT molecular complexity index is 580. The van der Waals surface area contributed by atoms with E-state index in [9.17, 15) is 0 Å². The lowest BCUT2D eigenvalue weighted by atomic mass is 10.1. The highest BCUT2D eigenvalue weighted by Gasteiger charge is 2.16. The van der Waals surface area contributed by atoms with Gasteiger partial charge in [0.05, 0.1) is 25.5 Å². The second-order valence-electron chi connectivity index (χ2n) is 5.38. The molecule has 1 aromatic carbocycles. The van der Waals surface area contributed by atoms with Crippen molar-refractivity contribution in [3.05, 3.63) is 47.9 Å². The van der Waals surface area contributed by atoms with E-state index in [0.717, 1.165) is 30.3 Å². The molecule has 2 aromatic rings. The van der Waals surface area contributed by atoms with Gasteiger partial charge in [-0.3, -0.25) is 0 Å². The summed E-state index contributed by atoms with van der Waals surface area (Å²) in [6.07, 6.45) is 2.62. The average Bonchev–Trinajstić information content (AvgIpc) is 2.92. The Morgan fingerprint density at radius 1 is 1.00 bits per heavy atom. The van der Waals surface area contributed by atoms with Crippen molar-refractivity contribution in [2.75, 3.05) is 13.2 Å². The van der Waals surface area contributed by atoms with Crippen LogP contribution in [-0.4, -0.2) is 13.2 Å². The zero-order valence-corrected chi connectivity index (χ0v) is 12.5. The monoisotopic (exact) mass is 287 g/mol. The fourth-order valence-corrected chi connectivity index (χ4v) is 2.54. The van der Waals surface area contributed by atoms with Gasteiger partial charge in [0.25, 0.3) is 0 Å². The maximum absolute atomic E-state index is 5.75. The third-order valence-electron chi connectivity index (χ3n) is 3.74. The Hall–Kier alpha value is -1.94. The Labute approximate surface area is 125 Å². The summed E-state index contributed by atoms with van der Waals surface area (Å²) in [5, 5.41) is 3.53. The SMILES string of the molecule is CC(N[C@@H](C)c1ccco1)c1ccc2c(c1)OCCCO2. The van der Waals surface area contributed by atoms with Gasteiger partial charge in [0, 0.05) is 12.5 Å². The van der Waals surface area contributed by atoms with Gasteiger partial charge in [-0.2, -0.15) is 0 Å². The summed E-state index contributed by atoms with van der Waals surface area (Å²) in [6, 6.07) is 10.4. The van der Waals surface area contributed by atoms with Crippen molar-refractivity contribution in [3.63, 3.8) is 0 Å². The first-order valence-electron chi connectivity index (χ1n) is 7.43. The van der Waals surface area contributed by atoms with Gasteiger partial charge in [-0.05, 0) is 43.7 Å². The maximum atomic E-state index is 5.75.